The molecule has 0 atom stereocenters. The standard InChI is InChI=1S/C18H18N2O2S/c19-18(21)12-22-17-8-7-13-4-1-2-6-15(13)16(17)11-20-10-14-5-3-9-23-14/h1-9,20H,10-12H2,(H2,19,21). The zero-order valence-corrected chi connectivity index (χ0v) is 13.4. The molecule has 4 nitrogen and oxygen atoms in total. The van der Waals surface area contributed by atoms with Gasteiger partial charge >= 0.3 is 0 Å². The van der Waals surface area contributed by atoms with E-state index in [1.54, 1.807) is 11.3 Å². The predicted octanol–water partition coefficient (Wildman–Crippen LogP) is 3.06. The average molecular weight is 326 g/mol. The lowest BCUT2D eigenvalue weighted by molar-refractivity contribution is -0.119. The Hall–Kier alpha value is -2.37. The molecule has 23 heavy (non-hydrogen) atoms. The second-order valence-corrected chi connectivity index (χ2v) is 6.23. The van der Waals surface area contributed by atoms with Crippen LogP contribution in [0.1, 0.15) is 10.4 Å². The Labute approximate surface area is 138 Å². The normalized spacial score (nSPS) is 10.8. The molecule has 0 unspecified atom stereocenters. The number of carbonyl (C=O) groups is 1. The quantitative estimate of drug-likeness (QED) is 0.701. The third-order valence-electron chi connectivity index (χ3n) is 3.55. The second-order valence-electron chi connectivity index (χ2n) is 5.20. The molecule has 1 heterocycles. The Morgan fingerprint density at radius 2 is 1.96 bits per heavy atom. The first-order chi connectivity index (χ1) is 11.2. The van der Waals surface area contributed by atoms with Crippen LogP contribution in [0.3, 0.4) is 0 Å². The van der Waals surface area contributed by atoms with Gasteiger partial charge in [-0.25, -0.2) is 0 Å². The van der Waals surface area contributed by atoms with Gasteiger partial charge in [-0.2, -0.15) is 0 Å². The van der Waals surface area contributed by atoms with E-state index in [2.05, 4.69) is 28.9 Å². The number of nitrogens with one attached hydrogen (secondary N) is 1. The van der Waals surface area contributed by atoms with E-state index in [9.17, 15) is 4.79 Å². The highest BCUT2D eigenvalue weighted by Gasteiger charge is 2.10. The van der Waals surface area contributed by atoms with Crippen molar-refractivity contribution in [3.63, 3.8) is 0 Å². The van der Waals surface area contributed by atoms with Crippen molar-refractivity contribution in [3.8, 4) is 5.75 Å². The Morgan fingerprint density at radius 3 is 2.74 bits per heavy atom. The van der Waals surface area contributed by atoms with E-state index in [0.29, 0.717) is 12.3 Å². The molecule has 0 saturated carbocycles. The Balaban J connectivity index is 1.84. The molecule has 0 spiro atoms. The number of nitrogens with two attached hydrogens (primary N) is 1. The SMILES string of the molecule is NC(=O)COc1ccc2ccccc2c1CNCc1cccs1. The second kappa shape index (κ2) is 7.26. The van der Waals surface area contributed by atoms with Crippen LogP contribution in [0.15, 0.2) is 53.9 Å². The lowest BCUT2D eigenvalue weighted by Gasteiger charge is -2.14. The fourth-order valence-corrected chi connectivity index (χ4v) is 3.18. The van der Waals surface area contributed by atoms with E-state index in [1.165, 1.54) is 4.88 Å². The minimum absolute atomic E-state index is 0.115. The van der Waals surface area contributed by atoms with E-state index in [1.807, 2.05) is 30.3 Å². The van der Waals surface area contributed by atoms with E-state index < -0.39 is 5.91 Å². The van der Waals surface area contributed by atoms with Gasteiger partial charge in [0.05, 0.1) is 0 Å². The van der Waals surface area contributed by atoms with Gasteiger partial charge in [-0.3, -0.25) is 4.79 Å². The van der Waals surface area contributed by atoms with Crippen molar-refractivity contribution >= 4 is 28.0 Å². The minimum Gasteiger partial charge on any atom is -0.483 e. The van der Waals surface area contributed by atoms with Crippen LogP contribution in [-0.2, 0) is 17.9 Å². The van der Waals surface area contributed by atoms with Crippen molar-refractivity contribution in [2.75, 3.05) is 6.61 Å². The van der Waals surface area contributed by atoms with Gasteiger partial charge in [0.25, 0.3) is 5.91 Å². The topological polar surface area (TPSA) is 64.4 Å². The number of thiophene rings is 1. The molecule has 0 aliphatic heterocycles. The molecule has 0 aliphatic carbocycles. The summed E-state index contributed by atoms with van der Waals surface area (Å²) in [4.78, 5) is 12.3. The summed E-state index contributed by atoms with van der Waals surface area (Å²) in [5.74, 6) is 0.219. The van der Waals surface area contributed by atoms with Crippen LogP contribution in [0.4, 0.5) is 0 Å². The van der Waals surface area contributed by atoms with Crippen molar-refractivity contribution in [2.45, 2.75) is 13.1 Å². The number of primary amides is 1. The van der Waals surface area contributed by atoms with E-state index in [4.69, 9.17) is 10.5 Å². The van der Waals surface area contributed by atoms with Crippen molar-refractivity contribution in [2.24, 2.45) is 5.73 Å². The summed E-state index contributed by atoms with van der Waals surface area (Å²) in [7, 11) is 0. The first-order valence-electron chi connectivity index (χ1n) is 7.39. The highest BCUT2D eigenvalue weighted by Crippen LogP contribution is 2.28. The van der Waals surface area contributed by atoms with Crippen molar-refractivity contribution < 1.29 is 9.53 Å². The van der Waals surface area contributed by atoms with Gasteiger partial charge in [0, 0.05) is 23.5 Å². The molecule has 0 saturated heterocycles. The molecular weight excluding hydrogens is 308 g/mol. The van der Waals surface area contributed by atoms with Gasteiger partial charge < -0.3 is 15.8 Å². The van der Waals surface area contributed by atoms with Gasteiger partial charge in [-0.1, -0.05) is 36.4 Å². The molecule has 3 aromatic rings. The van der Waals surface area contributed by atoms with Gasteiger partial charge in [-0.15, -0.1) is 11.3 Å². The van der Waals surface area contributed by atoms with Crippen molar-refractivity contribution in [1.29, 1.82) is 0 Å². The molecule has 1 aromatic heterocycles. The first kappa shape index (κ1) is 15.5. The zero-order valence-electron chi connectivity index (χ0n) is 12.6. The lowest BCUT2D eigenvalue weighted by Crippen LogP contribution is -2.21. The maximum atomic E-state index is 11.0. The van der Waals surface area contributed by atoms with Crippen LogP contribution < -0.4 is 15.8 Å². The molecule has 118 valence electrons. The Bertz CT molecular complexity index is 800. The maximum absolute atomic E-state index is 11.0. The molecule has 0 radical (unpaired) electrons. The summed E-state index contributed by atoms with van der Waals surface area (Å²) < 4.78 is 5.58. The van der Waals surface area contributed by atoms with E-state index in [-0.39, 0.29) is 6.61 Å². The Morgan fingerprint density at radius 1 is 1.09 bits per heavy atom. The molecule has 3 rings (SSSR count). The molecule has 3 N–H and O–H groups in total. The molecule has 0 bridgehead atoms. The smallest absolute Gasteiger partial charge is 0.255 e. The van der Waals surface area contributed by atoms with E-state index in [0.717, 1.165) is 22.9 Å². The lowest BCUT2D eigenvalue weighted by atomic mass is 10.0. The number of hydrogen-bond acceptors (Lipinski definition) is 4. The minimum atomic E-state index is -0.476. The molecule has 5 heteroatoms. The summed E-state index contributed by atoms with van der Waals surface area (Å²) in [6.07, 6.45) is 0. The largest absolute Gasteiger partial charge is 0.483 e. The number of ether oxygens (including phenoxy) is 1. The number of benzene rings is 2. The van der Waals surface area contributed by atoms with Gasteiger partial charge in [0.1, 0.15) is 5.75 Å². The third-order valence-corrected chi connectivity index (χ3v) is 4.43. The maximum Gasteiger partial charge on any atom is 0.255 e. The fourth-order valence-electron chi connectivity index (χ4n) is 2.51. The summed E-state index contributed by atoms with van der Waals surface area (Å²) in [5, 5.41) is 7.77. The number of amides is 1. The molecule has 2 aromatic carbocycles. The van der Waals surface area contributed by atoms with Crippen LogP contribution >= 0.6 is 11.3 Å². The van der Waals surface area contributed by atoms with Crippen LogP contribution in [-0.4, -0.2) is 12.5 Å². The first-order valence-corrected chi connectivity index (χ1v) is 8.27. The number of rotatable bonds is 7. The highest BCUT2D eigenvalue weighted by molar-refractivity contribution is 7.09. The van der Waals surface area contributed by atoms with Gasteiger partial charge in [0.2, 0.25) is 0 Å². The molecule has 0 fully saturated rings. The van der Waals surface area contributed by atoms with Crippen molar-refractivity contribution in [1.82, 2.24) is 5.32 Å². The van der Waals surface area contributed by atoms with Gasteiger partial charge in [0.15, 0.2) is 6.61 Å². The highest BCUT2D eigenvalue weighted by atomic mass is 32.1. The van der Waals surface area contributed by atoms with Crippen LogP contribution in [0.2, 0.25) is 0 Å². The summed E-state index contributed by atoms with van der Waals surface area (Å²) in [5.41, 5.74) is 6.23. The molecule has 1 amide bonds. The van der Waals surface area contributed by atoms with E-state index >= 15 is 0 Å². The third kappa shape index (κ3) is 3.88. The number of hydrogen-bond donors (Lipinski definition) is 2. The number of carbonyl (C=O) groups excluding carboxylic acids is 1. The van der Waals surface area contributed by atoms with Crippen LogP contribution in [0.25, 0.3) is 10.8 Å². The monoisotopic (exact) mass is 326 g/mol. The summed E-state index contributed by atoms with van der Waals surface area (Å²) >= 11 is 1.73. The zero-order chi connectivity index (χ0) is 16.1. The number of fused-ring (bicyclic) bond motifs is 1. The predicted molar refractivity (Wildman–Crippen MR) is 93.5 cm³/mol. The van der Waals surface area contributed by atoms with Gasteiger partial charge in [-0.05, 0) is 28.3 Å². The Kier molecular flexibility index (Phi) is 4.90. The summed E-state index contributed by atoms with van der Waals surface area (Å²) in [6, 6.07) is 16.2. The fraction of sp³-hybridized carbons (Fsp3) is 0.167. The van der Waals surface area contributed by atoms with Crippen LogP contribution in [0.5, 0.6) is 5.75 Å². The van der Waals surface area contributed by atoms with Crippen LogP contribution in [0, 0.1) is 0 Å². The average Bonchev–Trinajstić information content (AvgIpc) is 3.07. The summed E-state index contributed by atoms with van der Waals surface area (Å²) in [6.45, 7) is 1.35. The van der Waals surface area contributed by atoms with Crippen molar-refractivity contribution in [3.05, 3.63) is 64.4 Å². The molecular formula is C18H18N2O2S. The molecule has 0 aliphatic rings.